The van der Waals surface area contributed by atoms with Gasteiger partial charge >= 0.3 is 0 Å². The van der Waals surface area contributed by atoms with Gasteiger partial charge in [0.25, 0.3) is 0 Å². The number of nitrogens with zero attached hydrogens (tertiary/aromatic N) is 11. The lowest BCUT2D eigenvalue weighted by Crippen LogP contribution is -2.49. The lowest BCUT2D eigenvalue weighted by atomic mass is 9.75. The molecule has 1 amide bonds. The number of rotatable bonds is 8. The molecule has 286 valence electrons. The number of piperazine rings is 1. The Morgan fingerprint density at radius 2 is 1.88 bits per heavy atom. The molecule has 7 heterocycles. The summed E-state index contributed by atoms with van der Waals surface area (Å²) in [7, 11) is 0. The molecule has 1 atom stereocenters. The lowest BCUT2D eigenvalue weighted by Gasteiger charge is -2.37. The quantitative estimate of drug-likeness (QED) is 0.180. The molecule has 4 aliphatic rings. The van der Waals surface area contributed by atoms with Crippen LogP contribution in [0, 0.1) is 28.6 Å². The largest absolute Gasteiger partial charge is 0.383 e. The van der Waals surface area contributed by atoms with Gasteiger partial charge in [0.2, 0.25) is 5.91 Å². The maximum atomic E-state index is 12.8. The molecule has 0 radical (unpaired) electrons. The number of fused-ring (bicyclic) bond motifs is 3. The van der Waals surface area contributed by atoms with Crippen LogP contribution in [0.4, 0.5) is 17.1 Å². The first-order valence-corrected chi connectivity index (χ1v) is 19.5. The second-order valence-corrected chi connectivity index (χ2v) is 15.1. The van der Waals surface area contributed by atoms with Crippen LogP contribution in [0.15, 0.2) is 73.6 Å². The fourth-order valence-corrected chi connectivity index (χ4v) is 8.45. The summed E-state index contributed by atoms with van der Waals surface area (Å²) in [5.41, 5.74) is 6.34. The Hall–Kier alpha value is -6.32. The summed E-state index contributed by atoms with van der Waals surface area (Å²) in [6, 6.07) is 14.2. The number of amides is 1. The molecule has 1 saturated carbocycles. The van der Waals surface area contributed by atoms with Crippen LogP contribution in [0.2, 0.25) is 0 Å². The SMILES string of the molecule is C=C1CCC2(CNc3cc(N4CCN(CCC5CCCCC5)CC4)ccc32)C(=O)N1.N#CCNc1cc(-n2ncc3cc(C#N)cnc32)ncc1-n1ccnn1. The van der Waals surface area contributed by atoms with Crippen molar-refractivity contribution in [3.05, 3.63) is 84.7 Å². The van der Waals surface area contributed by atoms with Gasteiger partial charge in [-0.3, -0.25) is 9.69 Å². The first-order chi connectivity index (χ1) is 27.4. The van der Waals surface area contributed by atoms with Gasteiger partial charge in [-0.1, -0.05) is 50.0 Å². The second kappa shape index (κ2) is 16.2. The van der Waals surface area contributed by atoms with Gasteiger partial charge in [-0.2, -0.15) is 20.3 Å². The molecular formula is C41H46N14O. The maximum Gasteiger partial charge on any atom is 0.236 e. The molecular weight excluding hydrogens is 705 g/mol. The van der Waals surface area contributed by atoms with E-state index in [1.54, 1.807) is 46.3 Å². The highest BCUT2D eigenvalue weighted by Gasteiger charge is 2.47. The van der Waals surface area contributed by atoms with Crippen molar-refractivity contribution in [2.24, 2.45) is 5.92 Å². The van der Waals surface area contributed by atoms with E-state index in [2.05, 4.69) is 82.0 Å². The van der Waals surface area contributed by atoms with Crippen molar-refractivity contribution in [2.75, 3.05) is 61.3 Å². The molecule has 2 saturated heterocycles. The van der Waals surface area contributed by atoms with E-state index in [1.165, 1.54) is 57.0 Å². The number of nitrogens with one attached hydrogen (secondary N) is 3. The van der Waals surface area contributed by atoms with E-state index in [0.717, 1.165) is 67.3 Å². The normalized spacial score (nSPS) is 19.7. The molecule has 1 aromatic carbocycles. The van der Waals surface area contributed by atoms with Crippen LogP contribution in [0.3, 0.4) is 0 Å². The number of benzene rings is 1. The van der Waals surface area contributed by atoms with Crippen molar-refractivity contribution >= 4 is 34.0 Å². The van der Waals surface area contributed by atoms with Crippen molar-refractivity contribution in [1.82, 2.24) is 45.0 Å². The van der Waals surface area contributed by atoms with Crippen LogP contribution in [-0.2, 0) is 10.2 Å². The summed E-state index contributed by atoms with van der Waals surface area (Å²) in [5.74, 6) is 1.59. The minimum absolute atomic E-state index is 0.101. The van der Waals surface area contributed by atoms with Crippen LogP contribution >= 0.6 is 0 Å². The van der Waals surface area contributed by atoms with E-state index in [9.17, 15) is 4.79 Å². The highest BCUT2D eigenvalue weighted by atomic mass is 16.2. The average Bonchev–Trinajstić information content (AvgIpc) is 4.01. The highest BCUT2D eigenvalue weighted by Crippen LogP contribution is 2.44. The van der Waals surface area contributed by atoms with E-state index in [-0.39, 0.29) is 12.5 Å². The van der Waals surface area contributed by atoms with E-state index < -0.39 is 5.41 Å². The topological polar surface area (TPSA) is 182 Å². The van der Waals surface area contributed by atoms with E-state index >= 15 is 0 Å². The fraction of sp³-hybridized carbons (Fsp3) is 0.415. The molecule has 15 nitrogen and oxygen atoms in total. The minimum atomic E-state index is -0.424. The Bertz CT molecular complexity index is 2290. The molecule has 56 heavy (non-hydrogen) atoms. The monoisotopic (exact) mass is 750 g/mol. The summed E-state index contributed by atoms with van der Waals surface area (Å²) in [6.45, 7) is 10.5. The minimum Gasteiger partial charge on any atom is -0.383 e. The number of hydrogen-bond donors (Lipinski definition) is 3. The van der Waals surface area contributed by atoms with Crippen LogP contribution in [0.5, 0.6) is 0 Å². The van der Waals surface area contributed by atoms with Crippen molar-refractivity contribution in [3.63, 3.8) is 0 Å². The Morgan fingerprint density at radius 3 is 2.64 bits per heavy atom. The van der Waals surface area contributed by atoms with Crippen molar-refractivity contribution in [3.8, 4) is 23.6 Å². The number of nitriles is 2. The van der Waals surface area contributed by atoms with Gasteiger partial charge in [0.05, 0.1) is 47.5 Å². The molecule has 3 aliphatic heterocycles. The molecule has 15 heteroatoms. The number of pyridine rings is 2. The number of hydrogen-bond acceptors (Lipinski definition) is 12. The second-order valence-electron chi connectivity index (χ2n) is 15.1. The smallest absolute Gasteiger partial charge is 0.236 e. The number of anilines is 3. The molecule has 1 unspecified atom stereocenters. The summed E-state index contributed by atoms with van der Waals surface area (Å²) >= 11 is 0. The lowest BCUT2D eigenvalue weighted by molar-refractivity contribution is -0.126. The van der Waals surface area contributed by atoms with Crippen molar-refractivity contribution < 1.29 is 4.79 Å². The number of aromatic nitrogens is 7. The predicted octanol–water partition coefficient (Wildman–Crippen LogP) is 5.07. The third kappa shape index (κ3) is 7.50. The van der Waals surface area contributed by atoms with Gasteiger partial charge in [0.1, 0.15) is 18.3 Å². The Kier molecular flexibility index (Phi) is 10.6. The molecule has 1 spiro atoms. The van der Waals surface area contributed by atoms with Gasteiger partial charge < -0.3 is 20.9 Å². The summed E-state index contributed by atoms with van der Waals surface area (Å²) in [6.07, 6.45) is 18.3. The van der Waals surface area contributed by atoms with Crippen molar-refractivity contribution in [1.29, 1.82) is 10.5 Å². The summed E-state index contributed by atoms with van der Waals surface area (Å²) in [5, 5.41) is 40.2. The van der Waals surface area contributed by atoms with Gasteiger partial charge in [-0.15, -0.1) is 5.10 Å². The highest BCUT2D eigenvalue weighted by molar-refractivity contribution is 5.95. The predicted molar refractivity (Wildman–Crippen MR) is 213 cm³/mol. The molecule has 3 N–H and O–H groups in total. The van der Waals surface area contributed by atoms with Gasteiger partial charge in [0.15, 0.2) is 11.5 Å². The molecule has 0 bridgehead atoms. The number of allylic oxidation sites excluding steroid dienone is 1. The molecule has 9 rings (SSSR count). The maximum absolute atomic E-state index is 12.8. The first-order valence-electron chi connectivity index (χ1n) is 19.5. The van der Waals surface area contributed by atoms with Crippen LogP contribution < -0.4 is 20.9 Å². The van der Waals surface area contributed by atoms with Crippen LogP contribution in [0.25, 0.3) is 22.5 Å². The van der Waals surface area contributed by atoms with E-state index in [4.69, 9.17) is 10.5 Å². The summed E-state index contributed by atoms with van der Waals surface area (Å²) < 4.78 is 3.12. The third-order valence-corrected chi connectivity index (χ3v) is 11.6. The number of carbonyl (C=O) groups is 1. The number of piperidine rings is 1. The average molecular weight is 751 g/mol. The molecule has 5 aromatic rings. The third-order valence-electron chi connectivity index (χ3n) is 11.6. The van der Waals surface area contributed by atoms with E-state index in [1.807, 2.05) is 6.07 Å². The van der Waals surface area contributed by atoms with Crippen LogP contribution in [-0.4, -0.2) is 91.4 Å². The Balaban J connectivity index is 0.000000159. The molecule has 4 aromatic heterocycles. The zero-order valence-corrected chi connectivity index (χ0v) is 31.5. The zero-order chi connectivity index (χ0) is 38.5. The Labute approximate surface area is 326 Å². The zero-order valence-electron chi connectivity index (χ0n) is 31.5. The van der Waals surface area contributed by atoms with Gasteiger partial charge in [-0.05, 0) is 55.5 Å². The molecule has 1 aliphatic carbocycles. The van der Waals surface area contributed by atoms with Gasteiger partial charge in [-0.25, -0.2) is 14.6 Å². The first kappa shape index (κ1) is 36.6. The standard InChI is InChI=1S/C25H36N4O.C16H10N10/c1-19-9-11-25(24(30)27-19)18-26-23-17-21(7-8-22(23)25)29-15-13-28(14-16-29)12-10-20-5-3-2-4-6-20;17-1-2-19-13-6-15(20-10-14(13)25-4-3-22-24-25)26-16-12(9-23-26)5-11(7-18)8-21-16/h7-8,17,20,26H,1-6,9-16,18H2,(H,27,30);3-6,8-10H,2H2,(H,19,20). The Morgan fingerprint density at radius 1 is 1.02 bits per heavy atom. The fourth-order valence-electron chi connectivity index (χ4n) is 8.45. The van der Waals surface area contributed by atoms with Crippen molar-refractivity contribution in [2.45, 2.75) is 56.8 Å². The van der Waals surface area contributed by atoms with Crippen LogP contribution in [0.1, 0.15) is 62.5 Å². The number of carbonyl (C=O) groups excluding carboxylic acids is 1. The van der Waals surface area contributed by atoms with Gasteiger partial charge in [0, 0.05) is 67.4 Å². The summed E-state index contributed by atoms with van der Waals surface area (Å²) in [4.78, 5) is 26.6. The molecule has 3 fully saturated rings. The van der Waals surface area contributed by atoms with E-state index in [0.29, 0.717) is 34.9 Å².